The lowest BCUT2D eigenvalue weighted by atomic mass is 9.61. The van der Waals surface area contributed by atoms with Crippen LogP contribution in [0.3, 0.4) is 0 Å². The number of benzene rings is 8. The van der Waals surface area contributed by atoms with E-state index in [9.17, 15) is 5.26 Å². The molecule has 10 rings (SSSR count). The van der Waals surface area contributed by atoms with Gasteiger partial charge in [-0.3, -0.25) is 0 Å². The van der Waals surface area contributed by atoms with Gasteiger partial charge >= 0.3 is 0 Å². The molecule has 0 spiro atoms. The predicted molar refractivity (Wildman–Crippen MR) is 206 cm³/mol. The Morgan fingerprint density at radius 2 is 1.22 bits per heavy atom. The second-order valence-corrected chi connectivity index (χ2v) is 14.7. The molecule has 0 saturated heterocycles. The number of hydrogen-bond donors (Lipinski definition) is 0. The fraction of sp³-hybridized carbons (Fsp3) is 0.170. The zero-order chi connectivity index (χ0) is 32.9. The number of anilines is 2. The quantitative estimate of drug-likeness (QED) is 0.182. The Balaban J connectivity index is 1.18. The van der Waals surface area contributed by atoms with Gasteiger partial charge in [0.05, 0.1) is 17.2 Å². The Kier molecular flexibility index (Phi) is 5.89. The van der Waals surface area contributed by atoms with Gasteiger partial charge in [0.25, 0.3) is 0 Å². The molecule has 2 heteroatoms. The molecule has 2 aliphatic rings. The maximum absolute atomic E-state index is 9.48. The maximum Gasteiger partial charge on any atom is 0.0991 e. The number of rotatable bonds is 3. The molecule has 1 saturated carbocycles. The molecule has 1 fully saturated rings. The van der Waals surface area contributed by atoms with Crippen molar-refractivity contribution in [2.75, 3.05) is 4.90 Å². The van der Waals surface area contributed by atoms with Crippen LogP contribution in [-0.2, 0) is 5.41 Å². The molecule has 8 aromatic rings. The van der Waals surface area contributed by atoms with Crippen LogP contribution in [0, 0.1) is 11.3 Å². The van der Waals surface area contributed by atoms with Gasteiger partial charge in [0, 0.05) is 16.8 Å². The zero-order valence-electron chi connectivity index (χ0n) is 27.9. The highest BCUT2D eigenvalue weighted by Crippen LogP contribution is 2.61. The van der Waals surface area contributed by atoms with Gasteiger partial charge < -0.3 is 4.90 Å². The molecule has 0 radical (unpaired) electrons. The number of fused-ring (bicyclic) bond motifs is 4. The summed E-state index contributed by atoms with van der Waals surface area (Å²) in [6.07, 6.45) is 4.79. The third-order valence-corrected chi connectivity index (χ3v) is 12.4. The average molecular weight is 629 g/mol. The summed E-state index contributed by atoms with van der Waals surface area (Å²) in [5.74, 6) is 0. The van der Waals surface area contributed by atoms with Gasteiger partial charge in [-0.05, 0) is 127 Å². The molecular formula is C47H36N2. The van der Waals surface area contributed by atoms with Crippen LogP contribution in [0.5, 0.6) is 0 Å². The lowest BCUT2D eigenvalue weighted by molar-refractivity contribution is 0.195. The van der Waals surface area contributed by atoms with Gasteiger partial charge in [-0.25, -0.2) is 0 Å². The van der Waals surface area contributed by atoms with Crippen molar-refractivity contribution in [3.63, 3.8) is 0 Å². The van der Waals surface area contributed by atoms with E-state index in [4.69, 9.17) is 0 Å². The average Bonchev–Trinajstić information content (AvgIpc) is 3.36. The van der Waals surface area contributed by atoms with Crippen molar-refractivity contribution in [1.82, 2.24) is 0 Å². The number of nitrogens with zero attached hydrogens (tertiary/aromatic N) is 2. The summed E-state index contributed by atoms with van der Waals surface area (Å²) in [5.41, 5.74) is 9.74. The normalized spacial score (nSPS) is 20.2. The van der Waals surface area contributed by atoms with Crippen molar-refractivity contribution >= 4 is 54.5 Å². The highest BCUT2D eigenvalue weighted by molar-refractivity contribution is 6.28. The molecule has 2 atom stereocenters. The topological polar surface area (TPSA) is 27.0 Å². The third kappa shape index (κ3) is 3.82. The van der Waals surface area contributed by atoms with Crippen molar-refractivity contribution in [2.24, 2.45) is 0 Å². The minimum Gasteiger partial charge on any atom is -0.334 e. The monoisotopic (exact) mass is 628 g/mol. The van der Waals surface area contributed by atoms with Crippen LogP contribution in [0.25, 0.3) is 65.3 Å². The first kappa shape index (κ1) is 28.4. The van der Waals surface area contributed by atoms with E-state index in [2.05, 4.69) is 146 Å². The summed E-state index contributed by atoms with van der Waals surface area (Å²) in [6, 6.07) is 51.7. The molecule has 0 aromatic heterocycles. The fourth-order valence-electron chi connectivity index (χ4n) is 9.74. The molecule has 2 unspecified atom stereocenters. The summed E-state index contributed by atoms with van der Waals surface area (Å²) >= 11 is 0. The van der Waals surface area contributed by atoms with E-state index in [1.54, 1.807) is 0 Å². The predicted octanol–water partition coefficient (Wildman–Crippen LogP) is 12.7. The van der Waals surface area contributed by atoms with Crippen LogP contribution in [-0.4, -0.2) is 5.54 Å². The van der Waals surface area contributed by atoms with Gasteiger partial charge in [-0.2, -0.15) is 5.26 Å². The van der Waals surface area contributed by atoms with E-state index >= 15 is 0 Å². The van der Waals surface area contributed by atoms with Crippen LogP contribution in [0.15, 0.2) is 133 Å². The number of nitriles is 1. The van der Waals surface area contributed by atoms with Crippen molar-refractivity contribution in [1.29, 1.82) is 5.26 Å². The fourth-order valence-corrected chi connectivity index (χ4v) is 9.74. The van der Waals surface area contributed by atoms with Gasteiger partial charge in [0.15, 0.2) is 0 Å². The van der Waals surface area contributed by atoms with E-state index in [0.717, 1.165) is 6.42 Å². The van der Waals surface area contributed by atoms with Gasteiger partial charge in [-0.15, -0.1) is 0 Å². The van der Waals surface area contributed by atoms with E-state index in [1.807, 2.05) is 12.1 Å². The third-order valence-electron chi connectivity index (χ3n) is 12.4. The molecule has 1 heterocycles. The largest absolute Gasteiger partial charge is 0.334 e. The Hall–Kier alpha value is -5.65. The molecular weight excluding hydrogens is 593 g/mol. The van der Waals surface area contributed by atoms with Crippen molar-refractivity contribution < 1.29 is 0 Å². The summed E-state index contributed by atoms with van der Waals surface area (Å²) < 4.78 is 0. The highest BCUT2D eigenvalue weighted by atomic mass is 15.3. The van der Waals surface area contributed by atoms with E-state index in [-0.39, 0.29) is 11.0 Å². The molecule has 0 N–H and O–H groups in total. The van der Waals surface area contributed by atoms with Crippen molar-refractivity contribution in [3.05, 3.63) is 145 Å². The lowest BCUT2D eigenvalue weighted by Crippen LogP contribution is -2.54. The zero-order valence-corrected chi connectivity index (χ0v) is 27.9. The van der Waals surface area contributed by atoms with Crippen LogP contribution in [0.2, 0.25) is 0 Å². The Bertz CT molecular complexity index is 2660. The SMILES string of the molecule is CC12CCCCC1(C)N(c1ccc(C#N)cc1)c1ccc(-c3ccc4ccc5c(-c6cccc7ccccc67)ccc6ccc3c4c65)cc12. The smallest absolute Gasteiger partial charge is 0.0991 e. The van der Waals surface area contributed by atoms with Crippen LogP contribution in [0.4, 0.5) is 11.4 Å². The van der Waals surface area contributed by atoms with Gasteiger partial charge in [0.1, 0.15) is 0 Å². The minimum atomic E-state index is -0.0406. The molecule has 2 nitrogen and oxygen atoms in total. The number of hydrogen-bond acceptors (Lipinski definition) is 2. The first-order valence-corrected chi connectivity index (χ1v) is 17.6. The molecule has 49 heavy (non-hydrogen) atoms. The summed E-state index contributed by atoms with van der Waals surface area (Å²) in [5, 5.41) is 19.9. The van der Waals surface area contributed by atoms with Gasteiger partial charge in [-0.1, -0.05) is 117 Å². The van der Waals surface area contributed by atoms with E-state index < -0.39 is 0 Å². The second-order valence-electron chi connectivity index (χ2n) is 14.7. The molecule has 8 aromatic carbocycles. The molecule has 1 aliphatic carbocycles. The van der Waals surface area contributed by atoms with Crippen LogP contribution >= 0.6 is 0 Å². The minimum absolute atomic E-state index is 0.0155. The first-order chi connectivity index (χ1) is 24.0. The first-order valence-electron chi connectivity index (χ1n) is 17.6. The van der Waals surface area contributed by atoms with Gasteiger partial charge in [0.2, 0.25) is 0 Å². The Morgan fingerprint density at radius 3 is 2.00 bits per heavy atom. The molecule has 0 amide bonds. The standard InChI is InChI=1S/C47H36N2/c1-46-26-5-6-27-47(46,2)49(35-19-12-30(29-48)13-20-35)43-25-18-34(28-42(43)46)37-21-14-32-17-24-41-39(22-15-33-16-23-40(37)44(32)45(33)41)38-11-7-9-31-8-3-4-10-36(31)38/h3-4,7-25,28H,5-6,26-27H2,1-2H3. The van der Waals surface area contributed by atoms with E-state index in [1.165, 1.54) is 102 Å². The second kappa shape index (κ2) is 10.2. The summed E-state index contributed by atoms with van der Waals surface area (Å²) in [6.45, 7) is 4.96. The highest BCUT2D eigenvalue weighted by Gasteiger charge is 2.57. The maximum atomic E-state index is 9.48. The molecule has 0 bridgehead atoms. The van der Waals surface area contributed by atoms with Crippen LogP contribution < -0.4 is 4.90 Å². The Labute approximate surface area is 287 Å². The molecule has 234 valence electrons. The Morgan fingerprint density at radius 1 is 0.571 bits per heavy atom. The van der Waals surface area contributed by atoms with E-state index in [0.29, 0.717) is 5.56 Å². The van der Waals surface area contributed by atoms with Crippen LogP contribution in [0.1, 0.15) is 50.7 Å². The van der Waals surface area contributed by atoms with Crippen molar-refractivity contribution in [3.8, 4) is 28.3 Å². The molecule has 1 aliphatic heterocycles. The lowest BCUT2D eigenvalue weighted by Gasteiger charge is -2.50. The van der Waals surface area contributed by atoms with Crippen molar-refractivity contribution in [2.45, 2.75) is 50.5 Å². The summed E-state index contributed by atoms with van der Waals surface area (Å²) in [7, 11) is 0. The summed E-state index contributed by atoms with van der Waals surface area (Å²) in [4.78, 5) is 2.59.